The summed E-state index contributed by atoms with van der Waals surface area (Å²) in [4.78, 5) is 16.4. The first-order valence-corrected chi connectivity index (χ1v) is 8.25. The molecule has 1 heterocycles. The van der Waals surface area contributed by atoms with Crippen LogP contribution in [-0.2, 0) is 0 Å². The summed E-state index contributed by atoms with van der Waals surface area (Å²) >= 11 is 6.82. The standard InChI is InChI=1S/C14H18N2O3S2.ClH/c1-21-14(20)16-6-4-15(5-7-16)9-13(19)10-2-3-11(17)12(18)8-10;/h2-3,8,17-18H,4-7,9H2,1H3;1H. The molecule has 2 N–H and O–H groups in total. The van der Waals surface area contributed by atoms with Crippen LogP contribution in [0.25, 0.3) is 0 Å². The normalized spacial score (nSPS) is 15.2. The number of hydrogen-bond donors (Lipinski definition) is 2. The van der Waals surface area contributed by atoms with Crippen molar-refractivity contribution in [2.75, 3.05) is 39.0 Å². The quantitative estimate of drug-likeness (QED) is 0.484. The zero-order valence-electron chi connectivity index (χ0n) is 12.2. The Labute approximate surface area is 145 Å². The van der Waals surface area contributed by atoms with Gasteiger partial charge in [-0.05, 0) is 24.5 Å². The average Bonchev–Trinajstić information content (AvgIpc) is 2.50. The number of thiocarbonyl (C=S) groups is 1. The number of thioether (sulfide) groups is 1. The molecular formula is C14H19ClN2O3S2. The van der Waals surface area contributed by atoms with E-state index in [4.69, 9.17) is 12.2 Å². The van der Waals surface area contributed by atoms with Crippen LogP contribution in [0.1, 0.15) is 10.4 Å². The Morgan fingerprint density at radius 2 is 1.86 bits per heavy atom. The van der Waals surface area contributed by atoms with Gasteiger partial charge in [-0.3, -0.25) is 9.69 Å². The van der Waals surface area contributed by atoms with E-state index in [0.717, 1.165) is 30.5 Å². The number of hydrogen-bond acceptors (Lipinski definition) is 6. The summed E-state index contributed by atoms with van der Waals surface area (Å²) in [6.45, 7) is 3.54. The van der Waals surface area contributed by atoms with Gasteiger partial charge in [0.2, 0.25) is 0 Å². The highest BCUT2D eigenvalue weighted by Crippen LogP contribution is 2.25. The van der Waals surface area contributed by atoms with Crippen LogP contribution in [0.4, 0.5) is 0 Å². The summed E-state index contributed by atoms with van der Waals surface area (Å²) in [6, 6.07) is 4.16. The van der Waals surface area contributed by atoms with Gasteiger partial charge in [-0.2, -0.15) is 0 Å². The molecule has 122 valence electrons. The lowest BCUT2D eigenvalue weighted by Gasteiger charge is -2.35. The van der Waals surface area contributed by atoms with Crippen molar-refractivity contribution < 1.29 is 15.0 Å². The maximum atomic E-state index is 12.2. The summed E-state index contributed by atoms with van der Waals surface area (Å²) in [5.74, 6) is -0.548. The molecule has 0 aromatic heterocycles. The zero-order valence-corrected chi connectivity index (χ0v) is 14.6. The van der Waals surface area contributed by atoms with E-state index in [-0.39, 0.29) is 29.7 Å². The molecule has 2 rings (SSSR count). The molecule has 8 heteroatoms. The number of piperazine rings is 1. The van der Waals surface area contributed by atoms with Gasteiger partial charge in [-0.25, -0.2) is 0 Å². The minimum absolute atomic E-state index is 0. The first-order valence-electron chi connectivity index (χ1n) is 6.61. The topological polar surface area (TPSA) is 64.0 Å². The molecule has 0 spiro atoms. The first-order chi connectivity index (χ1) is 10.0. The number of benzene rings is 1. The number of Topliss-reactive ketones (excluding diaryl/α,β-unsaturated/α-hetero) is 1. The third-order valence-electron chi connectivity index (χ3n) is 3.47. The molecule has 0 unspecified atom stereocenters. The number of nitrogens with zero attached hydrogens (tertiary/aromatic N) is 2. The van der Waals surface area contributed by atoms with Crippen LogP contribution in [-0.4, -0.2) is 69.1 Å². The molecule has 0 atom stereocenters. The summed E-state index contributed by atoms with van der Waals surface area (Å²) in [5, 5.41) is 18.7. The summed E-state index contributed by atoms with van der Waals surface area (Å²) in [5.41, 5.74) is 0.410. The predicted octanol–water partition coefficient (Wildman–Crippen LogP) is 1.97. The molecule has 0 amide bonds. The lowest BCUT2D eigenvalue weighted by atomic mass is 10.1. The van der Waals surface area contributed by atoms with Gasteiger partial charge in [0.25, 0.3) is 0 Å². The molecule has 5 nitrogen and oxygen atoms in total. The number of phenols is 2. The second kappa shape index (κ2) is 8.57. The van der Waals surface area contributed by atoms with E-state index < -0.39 is 0 Å². The number of carbonyl (C=O) groups excluding carboxylic acids is 1. The lowest BCUT2D eigenvalue weighted by molar-refractivity contribution is 0.0898. The molecule has 1 aromatic carbocycles. The van der Waals surface area contributed by atoms with Crippen molar-refractivity contribution in [3.63, 3.8) is 0 Å². The third kappa shape index (κ3) is 4.74. The van der Waals surface area contributed by atoms with E-state index in [1.807, 2.05) is 6.26 Å². The summed E-state index contributed by atoms with van der Waals surface area (Å²) in [6.07, 6.45) is 1.97. The molecule has 1 aliphatic heterocycles. The number of rotatable bonds is 3. The van der Waals surface area contributed by atoms with Crippen molar-refractivity contribution in [3.8, 4) is 11.5 Å². The van der Waals surface area contributed by atoms with E-state index in [2.05, 4.69) is 9.80 Å². The van der Waals surface area contributed by atoms with E-state index in [1.54, 1.807) is 11.8 Å². The maximum absolute atomic E-state index is 12.2. The van der Waals surface area contributed by atoms with Crippen LogP contribution >= 0.6 is 36.4 Å². The van der Waals surface area contributed by atoms with Crippen LogP contribution in [0, 0.1) is 0 Å². The fourth-order valence-electron chi connectivity index (χ4n) is 2.21. The number of halogens is 1. The van der Waals surface area contributed by atoms with Crippen LogP contribution in [0.3, 0.4) is 0 Å². The lowest BCUT2D eigenvalue weighted by Crippen LogP contribution is -2.48. The minimum Gasteiger partial charge on any atom is -0.504 e. The number of carbonyl (C=O) groups is 1. The molecule has 1 saturated heterocycles. The van der Waals surface area contributed by atoms with Crippen molar-refractivity contribution in [2.24, 2.45) is 0 Å². The van der Waals surface area contributed by atoms with Gasteiger partial charge in [0.05, 0.1) is 6.54 Å². The fraction of sp³-hybridized carbons (Fsp3) is 0.429. The molecular weight excluding hydrogens is 344 g/mol. The van der Waals surface area contributed by atoms with Crippen LogP contribution in [0.5, 0.6) is 11.5 Å². The Balaban J connectivity index is 0.00000242. The largest absolute Gasteiger partial charge is 0.504 e. The van der Waals surface area contributed by atoms with E-state index >= 15 is 0 Å². The fourth-order valence-corrected chi connectivity index (χ4v) is 2.83. The molecule has 1 aliphatic rings. The highest BCUT2D eigenvalue weighted by molar-refractivity contribution is 8.22. The molecule has 0 aliphatic carbocycles. The van der Waals surface area contributed by atoms with Crippen LogP contribution < -0.4 is 0 Å². The highest BCUT2D eigenvalue weighted by atomic mass is 35.5. The minimum atomic E-state index is -0.268. The molecule has 0 bridgehead atoms. The van der Waals surface area contributed by atoms with Crippen LogP contribution in [0.2, 0.25) is 0 Å². The van der Waals surface area contributed by atoms with E-state index in [0.29, 0.717) is 12.1 Å². The highest BCUT2D eigenvalue weighted by Gasteiger charge is 2.21. The van der Waals surface area contributed by atoms with Gasteiger partial charge >= 0.3 is 0 Å². The Kier molecular flexibility index (Phi) is 7.41. The monoisotopic (exact) mass is 362 g/mol. The number of ketones is 1. The van der Waals surface area contributed by atoms with Gasteiger partial charge < -0.3 is 15.1 Å². The van der Waals surface area contributed by atoms with Gasteiger partial charge in [-0.1, -0.05) is 12.2 Å². The molecule has 1 fully saturated rings. The Bertz CT molecular complexity index is 549. The molecule has 1 aromatic rings. The summed E-state index contributed by atoms with van der Waals surface area (Å²) in [7, 11) is 0. The Morgan fingerprint density at radius 3 is 2.41 bits per heavy atom. The van der Waals surface area contributed by atoms with Crippen molar-refractivity contribution in [1.29, 1.82) is 0 Å². The van der Waals surface area contributed by atoms with Crippen molar-refractivity contribution in [2.45, 2.75) is 0 Å². The van der Waals surface area contributed by atoms with Crippen molar-refractivity contribution in [3.05, 3.63) is 23.8 Å². The maximum Gasteiger partial charge on any atom is 0.176 e. The number of phenolic OH excluding ortho intramolecular Hbond substituents is 2. The summed E-state index contributed by atoms with van der Waals surface area (Å²) < 4.78 is 0.893. The average molecular weight is 363 g/mol. The number of aromatic hydroxyl groups is 2. The Hall–Kier alpha value is -1.02. The second-order valence-corrected chi connectivity index (χ2v) is 6.30. The van der Waals surface area contributed by atoms with E-state index in [1.165, 1.54) is 18.2 Å². The van der Waals surface area contributed by atoms with Gasteiger partial charge in [0, 0.05) is 31.7 Å². The molecule has 22 heavy (non-hydrogen) atoms. The SMILES string of the molecule is CSC(=S)N1CCN(CC(=O)c2ccc(O)c(O)c2)CC1.Cl. The smallest absolute Gasteiger partial charge is 0.176 e. The van der Waals surface area contributed by atoms with Gasteiger partial charge in [0.15, 0.2) is 17.3 Å². The van der Waals surface area contributed by atoms with E-state index in [9.17, 15) is 15.0 Å². The van der Waals surface area contributed by atoms with Crippen LogP contribution in [0.15, 0.2) is 18.2 Å². The Morgan fingerprint density at radius 1 is 1.23 bits per heavy atom. The third-order valence-corrected chi connectivity index (χ3v) is 4.84. The van der Waals surface area contributed by atoms with Gasteiger partial charge in [-0.15, -0.1) is 24.2 Å². The van der Waals surface area contributed by atoms with Crippen molar-refractivity contribution >= 4 is 46.5 Å². The molecule has 0 saturated carbocycles. The van der Waals surface area contributed by atoms with Gasteiger partial charge in [0.1, 0.15) is 4.32 Å². The zero-order chi connectivity index (χ0) is 15.4. The second-order valence-electron chi connectivity index (χ2n) is 4.86. The first kappa shape index (κ1) is 19.0. The predicted molar refractivity (Wildman–Crippen MR) is 95.5 cm³/mol. The van der Waals surface area contributed by atoms with Crippen molar-refractivity contribution in [1.82, 2.24) is 9.80 Å². The molecule has 0 radical (unpaired) electrons.